The minimum Gasteiger partial charge on any atom is -0.384 e. The summed E-state index contributed by atoms with van der Waals surface area (Å²) in [5.74, 6) is -4.65. The van der Waals surface area contributed by atoms with Gasteiger partial charge in [-0.2, -0.15) is 0 Å². The van der Waals surface area contributed by atoms with Crippen molar-refractivity contribution in [3.05, 3.63) is 41.7 Å². The van der Waals surface area contributed by atoms with Crippen molar-refractivity contribution >= 4 is 39.2 Å². The zero-order valence-electron chi connectivity index (χ0n) is 30.9. The molecule has 4 aliphatic rings. The number of nitrogens with one attached hydrogen (secondary N) is 1. The Bertz CT molecular complexity index is 1870. The number of carbonyl (C=O) groups excluding carboxylic acids is 5. The minimum absolute atomic E-state index is 0.0201. The van der Waals surface area contributed by atoms with Crippen molar-refractivity contribution in [2.24, 2.45) is 22.8 Å². The smallest absolute Gasteiger partial charge is 0.285 e. The van der Waals surface area contributed by atoms with E-state index < -0.39 is 73.1 Å². The lowest BCUT2D eigenvalue weighted by atomic mass is 9.60. The number of aliphatic hydroxyl groups is 1. The first-order chi connectivity index (χ1) is 25.5. The lowest BCUT2D eigenvalue weighted by Crippen LogP contribution is -2.71. The molecule has 54 heavy (non-hydrogen) atoms. The SMILES string of the molecule is CC(C)(O)c1cnnn1C1CN(C(=O)[C@@H](CC2CCCCC2)NC(=O)c2ccc(S(=O)(=O)C3CC3)cc2)C(C(N)=O)([C@@]2(C(=O)C(N)=O)CCCOCC2)C1. The van der Waals surface area contributed by atoms with Gasteiger partial charge in [-0.05, 0) is 82.6 Å². The van der Waals surface area contributed by atoms with E-state index in [4.69, 9.17) is 16.2 Å². The summed E-state index contributed by atoms with van der Waals surface area (Å²) >= 11 is 0. The van der Waals surface area contributed by atoms with Crippen LogP contribution < -0.4 is 16.8 Å². The van der Waals surface area contributed by atoms with Gasteiger partial charge in [-0.3, -0.25) is 24.0 Å². The molecule has 2 unspecified atom stereocenters. The summed E-state index contributed by atoms with van der Waals surface area (Å²) in [6, 6.07) is 3.52. The maximum atomic E-state index is 15.3. The number of nitrogens with zero attached hydrogens (tertiary/aromatic N) is 4. The average Bonchev–Trinajstić information content (AvgIpc) is 3.82. The molecule has 17 heteroatoms. The number of amides is 4. The number of nitrogens with two attached hydrogens (primary N) is 2. The van der Waals surface area contributed by atoms with Gasteiger partial charge < -0.3 is 31.5 Å². The molecule has 2 saturated heterocycles. The molecule has 0 radical (unpaired) electrons. The Labute approximate surface area is 314 Å². The third-order valence-corrected chi connectivity index (χ3v) is 14.2. The van der Waals surface area contributed by atoms with Crippen LogP contribution in [0.4, 0.5) is 0 Å². The molecule has 2 saturated carbocycles. The van der Waals surface area contributed by atoms with Crippen molar-refractivity contribution < 1.29 is 42.2 Å². The van der Waals surface area contributed by atoms with Crippen LogP contribution in [0, 0.1) is 11.3 Å². The molecule has 0 spiro atoms. The fourth-order valence-corrected chi connectivity index (χ4v) is 10.6. The van der Waals surface area contributed by atoms with E-state index >= 15 is 4.79 Å². The minimum atomic E-state index is -3.50. The maximum absolute atomic E-state index is 15.3. The Hall–Kier alpha value is -4.22. The van der Waals surface area contributed by atoms with Gasteiger partial charge in [0.2, 0.25) is 17.6 Å². The van der Waals surface area contributed by atoms with Crippen LogP contribution in [0.2, 0.25) is 0 Å². The predicted octanol–water partition coefficient (Wildman–Crippen LogP) is 1.45. The lowest BCUT2D eigenvalue weighted by Gasteiger charge is -2.49. The Morgan fingerprint density at radius 2 is 1.69 bits per heavy atom. The molecule has 294 valence electrons. The number of Topliss-reactive ketones (excluding diaryl/α,β-unsaturated/α-hetero) is 1. The van der Waals surface area contributed by atoms with Crippen molar-refractivity contribution in [3.63, 3.8) is 0 Å². The molecule has 1 aromatic heterocycles. The third-order valence-electron chi connectivity index (χ3n) is 11.9. The first-order valence-corrected chi connectivity index (χ1v) is 20.4. The summed E-state index contributed by atoms with van der Waals surface area (Å²) in [6.45, 7) is 3.05. The zero-order chi connectivity index (χ0) is 39.1. The fourth-order valence-electron chi connectivity index (χ4n) is 8.99. The van der Waals surface area contributed by atoms with E-state index in [1.807, 2.05) is 0 Å². The number of hydrogen-bond donors (Lipinski definition) is 4. The second-order valence-corrected chi connectivity index (χ2v) is 18.2. The van der Waals surface area contributed by atoms with Gasteiger partial charge >= 0.3 is 0 Å². The second kappa shape index (κ2) is 15.1. The molecule has 2 aromatic rings. The van der Waals surface area contributed by atoms with Crippen molar-refractivity contribution in [3.8, 4) is 0 Å². The highest BCUT2D eigenvalue weighted by molar-refractivity contribution is 7.92. The summed E-state index contributed by atoms with van der Waals surface area (Å²) in [6.07, 6.45) is 7.12. The number of benzene rings is 1. The van der Waals surface area contributed by atoms with Crippen LogP contribution in [0.15, 0.2) is 35.4 Å². The number of likely N-dealkylation sites (tertiary alicyclic amines) is 1. The highest BCUT2D eigenvalue weighted by Crippen LogP contribution is 2.54. The highest BCUT2D eigenvalue weighted by atomic mass is 32.2. The molecule has 4 amide bonds. The molecule has 4 atom stereocenters. The standard InChI is InChI=1S/C37H51N7O9S/c1-35(2,50)29-21-40-42-44(29)25-20-37(34(39)49,36(30(45)31(38)46)15-6-17-53-18-16-36)43(22-25)33(48)28(19-23-7-4-3-5-8-23)41-32(47)24-9-11-26(12-10-24)54(51,52)27-13-14-27/h9-12,21,23,25,27-28,50H,3-8,13-20,22H2,1-2H3,(H2,38,46)(H2,39,49)(H,41,47)/t25?,28-,36+,37?/m1/s1. The Kier molecular flexibility index (Phi) is 11.1. The van der Waals surface area contributed by atoms with E-state index in [0.29, 0.717) is 12.8 Å². The van der Waals surface area contributed by atoms with E-state index in [2.05, 4.69) is 15.6 Å². The number of ether oxygens (including phenoxy) is 1. The number of aromatic nitrogens is 3. The number of sulfone groups is 1. The maximum Gasteiger partial charge on any atom is 0.285 e. The number of ketones is 1. The lowest BCUT2D eigenvalue weighted by molar-refractivity contribution is -0.163. The van der Waals surface area contributed by atoms with Crippen molar-refractivity contribution in [1.82, 2.24) is 25.2 Å². The predicted molar refractivity (Wildman–Crippen MR) is 193 cm³/mol. The molecule has 3 heterocycles. The zero-order valence-corrected chi connectivity index (χ0v) is 31.7. The van der Waals surface area contributed by atoms with Crippen molar-refractivity contribution in [2.75, 3.05) is 19.8 Å². The molecule has 4 fully saturated rings. The Morgan fingerprint density at radius 1 is 1.00 bits per heavy atom. The quantitative estimate of drug-likeness (QED) is 0.212. The number of rotatable bonds is 13. The topological polar surface area (TPSA) is 247 Å². The normalized spacial score (nSPS) is 26.1. The Balaban J connectivity index is 1.44. The molecule has 6 N–H and O–H groups in total. The summed E-state index contributed by atoms with van der Waals surface area (Å²) < 4.78 is 32.7. The third kappa shape index (κ3) is 7.29. The van der Waals surface area contributed by atoms with Crippen LogP contribution in [-0.2, 0) is 39.4 Å². The van der Waals surface area contributed by atoms with E-state index in [9.17, 15) is 32.7 Å². The molecular weight excluding hydrogens is 719 g/mol. The van der Waals surface area contributed by atoms with Gasteiger partial charge in [0.05, 0.1) is 33.5 Å². The van der Waals surface area contributed by atoms with E-state index in [0.717, 1.165) is 32.1 Å². The second-order valence-electron chi connectivity index (χ2n) is 15.9. The van der Waals surface area contributed by atoms with Crippen LogP contribution in [0.1, 0.15) is 113 Å². The first kappa shape index (κ1) is 39.5. The van der Waals surface area contributed by atoms with Gasteiger partial charge in [0, 0.05) is 31.7 Å². The van der Waals surface area contributed by atoms with E-state index in [-0.39, 0.29) is 73.9 Å². The summed E-state index contributed by atoms with van der Waals surface area (Å²) in [7, 11) is -3.50. The molecular formula is C37H51N7O9S. The number of carbonyl (C=O) groups is 5. The molecule has 0 bridgehead atoms. The Morgan fingerprint density at radius 3 is 2.30 bits per heavy atom. The van der Waals surface area contributed by atoms with Gasteiger partial charge in [0.15, 0.2) is 9.84 Å². The summed E-state index contributed by atoms with van der Waals surface area (Å²) in [4.78, 5) is 71.9. The van der Waals surface area contributed by atoms with Gasteiger partial charge in [0.25, 0.3) is 11.8 Å². The van der Waals surface area contributed by atoms with Crippen LogP contribution in [0.5, 0.6) is 0 Å². The molecule has 1 aromatic carbocycles. The average molecular weight is 770 g/mol. The highest BCUT2D eigenvalue weighted by Gasteiger charge is 2.68. The van der Waals surface area contributed by atoms with Crippen molar-refractivity contribution in [1.29, 1.82) is 0 Å². The van der Waals surface area contributed by atoms with E-state index in [1.165, 1.54) is 53.9 Å². The molecule has 6 rings (SSSR count). The van der Waals surface area contributed by atoms with Gasteiger partial charge in [-0.25, -0.2) is 13.1 Å². The molecule has 16 nitrogen and oxygen atoms in total. The van der Waals surface area contributed by atoms with Crippen LogP contribution in [0.25, 0.3) is 0 Å². The monoisotopic (exact) mass is 769 g/mol. The fraction of sp³-hybridized carbons (Fsp3) is 0.649. The number of hydrogen-bond acceptors (Lipinski definition) is 11. The molecule has 2 aliphatic heterocycles. The van der Waals surface area contributed by atoms with Gasteiger partial charge in [-0.1, -0.05) is 37.3 Å². The summed E-state index contributed by atoms with van der Waals surface area (Å²) in [5, 5.41) is 21.7. The summed E-state index contributed by atoms with van der Waals surface area (Å²) in [5.41, 5.74) is 6.98. The molecule has 2 aliphatic carbocycles. The van der Waals surface area contributed by atoms with Gasteiger partial charge in [-0.15, -0.1) is 5.10 Å². The van der Waals surface area contributed by atoms with Crippen LogP contribution in [0.3, 0.4) is 0 Å². The van der Waals surface area contributed by atoms with Crippen molar-refractivity contribution in [2.45, 2.75) is 124 Å². The van der Waals surface area contributed by atoms with Crippen LogP contribution >= 0.6 is 0 Å². The van der Waals surface area contributed by atoms with Gasteiger partial charge in [0.1, 0.15) is 17.2 Å². The largest absolute Gasteiger partial charge is 0.384 e. The number of primary amides is 2. The van der Waals surface area contributed by atoms with E-state index in [1.54, 1.807) is 0 Å². The van der Waals surface area contributed by atoms with Crippen LogP contribution in [-0.4, -0.2) is 99.4 Å². The first-order valence-electron chi connectivity index (χ1n) is 18.8.